The number of hydrogen-bond donors (Lipinski definition) is 1. The molecule has 5 rings (SSSR count). The van der Waals surface area contributed by atoms with Crippen molar-refractivity contribution in [1.29, 1.82) is 0 Å². The van der Waals surface area contributed by atoms with Crippen molar-refractivity contribution in [2.75, 3.05) is 44.2 Å². The highest BCUT2D eigenvalue weighted by atomic mass is 35.5. The fraction of sp³-hybridized carbons (Fsp3) is 0.367. The monoisotopic (exact) mass is 577 g/mol. The van der Waals surface area contributed by atoms with Crippen LogP contribution in [0.3, 0.4) is 0 Å². The molecule has 2 aliphatic rings. The van der Waals surface area contributed by atoms with Crippen molar-refractivity contribution in [3.63, 3.8) is 0 Å². The molecule has 0 aromatic heterocycles. The van der Waals surface area contributed by atoms with Gasteiger partial charge in [0.1, 0.15) is 11.9 Å². The first kappa shape index (κ1) is 31.0. The molecule has 2 aliphatic heterocycles. The van der Waals surface area contributed by atoms with Gasteiger partial charge in [-0.2, -0.15) is 0 Å². The lowest BCUT2D eigenvalue weighted by Crippen LogP contribution is -2.53. The summed E-state index contributed by atoms with van der Waals surface area (Å²) in [4.78, 5) is 15.7. The van der Waals surface area contributed by atoms with Crippen molar-refractivity contribution in [3.05, 3.63) is 101 Å². The summed E-state index contributed by atoms with van der Waals surface area (Å²) in [6.45, 7) is 4.09. The normalized spacial score (nSPS) is 20.9. The van der Waals surface area contributed by atoms with Crippen LogP contribution >= 0.6 is 24.8 Å². The van der Waals surface area contributed by atoms with Crippen LogP contribution in [-0.2, 0) is 15.9 Å². The van der Waals surface area contributed by atoms with Gasteiger partial charge >= 0.3 is 0 Å². The summed E-state index contributed by atoms with van der Waals surface area (Å²) in [6, 6.07) is 21.7. The second-order valence-corrected chi connectivity index (χ2v) is 10.2. The van der Waals surface area contributed by atoms with Crippen molar-refractivity contribution >= 4 is 36.8 Å². The van der Waals surface area contributed by atoms with Crippen molar-refractivity contribution in [2.24, 2.45) is 5.73 Å². The number of anilines is 1. The number of nitrogens with two attached hydrogens (primary N) is 1. The molecule has 1 unspecified atom stereocenters. The summed E-state index contributed by atoms with van der Waals surface area (Å²) in [5.74, 6) is -1.74. The molecule has 2 N–H and O–H groups in total. The van der Waals surface area contributed by atoms with Crippen molar-refractivity contribution < 1.29 is 18.3 Å². The molecule has 3 aromatic rings. The van der Waals surface area contributed by atoms with Gasteiger partial charge in [-0.15, -0.1) is 24.8 Å². The van der Waals surface area contributed by atoms with E-state index in [0.29, 0.717) is 37.2 Å². The number of morpholine rings is 1. The molecule has 0 aliphatic carbocycles. The number of halogens is 4. The van der Waals surface area contributed by atoms with Crippen molar-refractivity contribution in [3.8, 4) is 0 Å². The molecule has 0 spiro atoms. The van der Waals surface area contributed by atoms with Crippen LogP contribution < -0.4 is 10.6 Å². The smallest absolute Gasteiger partial charge is 0.159 e. The molecule has 0 saturated carbocycles. The van der Waals surface area contributed by atoms with Crippen LogP contribution in [0.15, 0.2) is 72.8 Å². The molecule has 0 amide bonds. The van der Waals surface area contributed by atoms with Gasteiger partial charge in [-0.25, -0.2) is 8.78 Å². The zero-order valence-electron chi connectivity index (χ0n) is 21.7. The van der Waals surface area contributed by atoms with Crippen LogP contribution in [0.25, 0.3) is 0 Å². The van der Waals surface area contributed by atoms with E-state index >= 15 is 0 Å². The summed E-state index contributed by atoms with van der Waals surface area (Å²) in [5, 5.41) is 0. The van der Waals surface area contributed by atoms with E-state index in [-0.39, 0.29) is 30.4 Å². The predicted molar refractivity (Wildman–Crippen MR) is 155 cm³/mol. The number of benzene rings is 3. The quantitative estimate of drug-likeness (QED) is 0.365. The Morgan fingerprint density at radius 1 is 0.872 bits per heavy atom. The number of aldehydes is 1. The van der Waals surface area contributed by atoms with Crippen LogP contribution in [0.4, 0.5) is 14.5 Å². The molecule has 210 valence electrons. The number of carbonyl (C=O) groups is 1. The number of rotatable bonds is 7. The maximum Gasteiger partial charge on any atom is 0.159 e. The minimum atomic E-state index is -0.873. The summed E-state index contributed by atoms with van der Waals surface area (Å²) < 4.78 is 34.6. The third-order valence-corrected chi connectivity index (χ3v) is 7.95. The van der Waals surface area contributed by atoms with E-state index in [1.165, 1.54) is 17.7 Å². The minimum Gasteiger partial charge on any atom is -0.367 e. The van der Waals surface area contributed by atoms with E-state index in [0.717, 1.165) is 44.4 Å². The molecule has 5 nitrogen and oxygen atoms in total. The topological polar surface area (TPSA) is 58.8 Å². The fourth-order valence-electron chi connectivity index (χ4n) is 5.59. The van der Waals surface area contributed by atoms with E-state index in [9.17, 15) is 13.6 Å². The molecule has 0 radical (unpaired) electrons. The highest BCUT2D eigenvalue weighted by Crippen LogP contribution is 2.37. The highest BCUT2D eigenvalue weighted by molar-refractivity contribution is 5.85. The van der Waals surface area contributed by atoms with E-state index in [1.807, 2.05) is 30.3 Å². The average Bonchev–Trinajstić information content (AvgIpc) is 2.95. The molecule has 2 saturated heterocycles. The lowest BCUT2D eigenvalue weighted by atomic mass is 9.81. The van der Waals surface area contributed by atoms with Crippen LogP contribution in [0.1, 0.15) is 40.7 Å². The molecule has 1 atom stereocenters. The molecule has 2 heterocycles. The average molecular weight is 579 g/mol. The molecular formula is C30H35Cl2F2N3O2. The number of likely N-dealkylation sites (tertiary alicyclic amines) is 1. The number of piperidine rings is 1. The Balaban J connectivity index is 0.00000210. The Bertz CT molecular complexity index is 1220. The number of nitrogens with zero attached hydrogens (tertiary/aromatic N) is 2. The van der Waals surface area contributed by atoms with Crippen LogP contribution in [0.5, 0.6) is 0 Å². The SMILES string of the molecule is Cl.Cl.NC1(c2ccccc2)CCN(CCC2(c3ccc(F)c(F)c3)CN(c3ccc(C=O)cc3)CCO2)CC1. The number of carbonyl (C=O) groups excluding carboxylic acids is 1. The molecule has 9 heteroatoms. The zero-order valence-corrected chi connectivity index (χ0v) is 23.4. The van der Waals surface area contributed by atoms with Gasteiger partial charge in [0.15, 0.2) is 11.6 Å². The van der Waals surface area contributed by atoms with Gasteiger partial charge in [0, 0.05) is 43.0 Å². The fourth-order valence-corrected chi connectivity index (χ4v) is 5.59. The first-order valence-electron chi connectivity index (χ1n) is 12.9. The number of ether oxygens (including phenoxy) is 1. The van der Waals surface area contributed by atoms with Crippen molar-refractivity contribution in [1.82, 2.24) is 4.90 Å². The maximum atomic E-state index is 14.3. The van der Waals surface area contributed by atoms with E-state index < -0.39 is 17.2 Å². The molecule has 2 fully saturated rings. The second-order valence-electron chi connectivity index (χ2n) is 10.2. The lowest BCUT2D eigenvalue weighted by molar-refractivity contribution is -0.0726. The second kappa shape index (κ2) is 13.2. The predicted octanol–water partition coefficient (Wildman–Crippen LogP) is 5.69. The summed E-state index contributed by atoms with van der Waals surface area (Å²) >= 11 is 0. The lowest BCUT2D eigenvalue weighted by Gasteiger charge is -2.46. The Hall–Kier alpha value is -2.55. The Morgan fingerprint density at radius 3 is 2.21 bits per heavy atom. The van der Waals surface area contributed by atoms with E-state index in [4.69, 9.17) is 10.5 Å². The summed E-state index contributed by atoms with van der Waals surface area (Å²) in [6.07, 6.45) is 3.15. The molecule has 3 aromatic carbocycles. The molecule has 0 bridgehead atoms. The van der Waals surface area contributed by atoms with Gasteiger partial charge in [-0.3, -0.25) is 4.79 Å². The largest absolute Gasteiger partial charge is 0.367 e. The van der Waals surface area contributed by atoms with E-state index in [2.05, 4.69) is 21.9 Å². The van der Waals surface area contributed by atoms with E-state index in [1.54, 1.807) is 18.2 Å². The number of hydrogen-bond acceptors (Lipinski definition) is 5. The Morgan fingerprint density at radius 2 is 1.56 bits per heavy atom. The maximum absolute atomic E-state index is 14.3. The van der Waals surface area contributed by atoms with Gasteiger partial charge in [0.05, 0.1) is 13.2 Å². The Labute approximate surface area is 241 Å². The van der Waals surface area contributed by atoms with Crippen molar-refractivity contribution in [2.45, 2.75) is 30.4 Å². The zero-order chi connectivity index (χ0) is 25.9. The first-order chi connectivity index (χ1) is 17.9. The van der Waals surface area contributed by atoms with Gasteiger partial charge in [-0.05, 0) is 66.8 Å². The molecular weight excluding hydrogens is 543 g/mol. The van der Waals surface area contributed by atoms with Gasteiger partial charge in [-0.1, -0.05) is 36.4 Å². The third-order valence-electron chi connectivity index (χ3n) is 7.95. The third kappa shape index (κ3) is 6.79. The summed E-state index contributed by atoms with van der Waals surface area (Å²) in [7, 11) is 0. The van der Waals surface area contributed by atoms with Crippen LogP contribution in [0.2, 0.25) is 0 Å². The van der Waals surface area contributed by atoms with Crippen LogP contribution in [0, 0.1) is 11.6 Å². The minimum absolute atomic E-state index is 0. The molecule has 39 heavy (non-hydrogen) atoms. The van der Waals surface area contributed by atoms with Crippen LogP contribution in [-0.4, -0.2) is 50.5 Å². The van der Waals surface area contributed by atoms with Gasteiger partial charge in [0.25, 0.3) is 0 Å². The van der Waals surface area contributed by atoms with Gasteiger partial charge < -0.3 is 20.3 Å². The summed E-state index contributed by atoms with van der Waals surface area (Å²) in [5.41, 5.74) is 9.02. The highest BCUT2D eigenvalue weighted by Gasteiger charge is 2.40. The first-order valence-corrected chi connectivity index (χ1v) is 12.9. The van der Waals surface area contributed by atoms with Gasteiger partial charge in [0.2, 0.25) is 0 Å². The standard InChI is InChI=1S/C30H33F2N3O2.2ClH/c31-27-11-8-25(20-28(27)32)30(22-35(18-19-37-30)26-9-6-23(21-36)7-10-26)14-17-34-15-12-29(33,13-16-34)24-4-2-1-3-5-24;;/h1-11,20-21H,12-19,22,33H2;2*1H. The Kier molecular flexibility index (Phi) is 10.5.